The number of ether oxygens (including phenoxy) is 1. The summed E-state index contributed by atoms with van der Waals surface area (Å²) in [4.78, 5) is 19.2. The molecule has 3 aromatic heterocycles. The molecule has 0 saturated heterocycles. The van der Waals surface area contributed by atoms with Crippen molar-refractivity contribution < 1.29 is 18.7 Å². The first-order valence-corrected chi connectivity index (χ1v) is 8.18. The molecule has 3 heterocycles. The Balaban J connectivity index is 1.93. The summed E-state index contributed by atoms with van der Waals surface area (Å²) >= 11 is 0. The fourth-order valence-corrected chi connectivity index (χ4v) is 2.96. The molecule has 0 unspecified atom stereocenters. The van der Waals surface area contributed by atoms with Gasteiger partial charge in [-0.25, -0.2) is 13.8 Å². The van der Waals surface area contributed by atoms with E-state index in [-0.39, 0.29) is 22.9 Å². The molecule has 4 rings (SSSR count). The van der Waals surface area contributed by atoms with Crippen molar-refractivity contribution in [2.24, 2.45) is 7.05 Å². The fourth-order valence-electron chi connectivity index (χ4n) is 2.96. The number of aryl methyl sites for hydroxylation is 1. The van der Waals surface area contributed by atoms with E-state index in [1.54, 1.807) is 25.5 Å². The number of aromatic nitrogens is 3. The molecule has 4 aromatic rings. The van der Waals surface area contributed by atoms with Crippen molar-refractivity contribution >= 4 is 16.7 Å². The number of anilines is 1. The molecule has 28 heavy (non-hydrogen) atoms. The van der Waals surface area contributed by atoms with Crippen LogP contribution in [0.1, 0.15) is 0 Å². The Morgan fingerprint density at radius 2 is 2.00 bits per heavy atom. The molecule has 0 spiro atoms. The first-order valence-electron chi connectivity index (χ1n) is 8.18. The highest BCUT2D eigenvalue weighted by molar-refractivity contribution is 5.96. The zero-order chi connectivity index (χ0) is 19.8. The average Bonchev–Trinajstić information content (AvgIpc) is 3.17. The first kappa shape index (κ1) is 17.7. The number of aromatic amines is 1. The Labute approximate surface area is 156 Å². The lowest BCUT2D eigenvalue weighted by atomic mass is 10.0. The molecule has 3 N–H and O–H groups in total. The average molecular weight is 384 g/mol. The first-order chi connectivity index (χ1) is 13.5. The Morgan fingerprint density at radius 3 is 2.75 bits per heavy atom. The highest BCUT2D eigenvalue weighted by Gasteiger charge is 2.17. The Kier molecular flexibility index (Phi) is 4.28. The summed E-state index contributed by atoms with van der Waals surface area (Å²) in [6, 6.07) is 6.16. The van der Waals surface area contributed by atoms with Crippen LogP contribution < -0.4 is 15.8 Å². The minimum absolute atomic E-state index is 0.125. The lowest BCUT2D eigenvalue weighted by Gasteiger charge is -2.14. The van der Waals surface area contributed by atoms with Gasteiger partial charge in [-0.05, 0) is 24.3 Å². The van der Waals surface area contributed by atoms with Crippen LogP contribution in [-0.4, -0.2) is 19.7 Å². The van der Waals surface area contributed by atoms with Crippen molar-refractivity contribution in [2.75, 3.05) is 5.48 Å². The molecular weight excluding hydrogens is 370 g/mol. The summed E-state index contributed by atoms with van der Waals surface area (Å²) < 4.78 is 34.2. The van der Waals surface area contributed by atoms with Gasteiger partial charge < -0.3 is 14.3 Å². The second-order valence-electron chi connectivity index (χ2n) is 6.08. The van der Waals surface area contributed by atoms with Gasteiger partial charge in [-0.3, -0.25) is 15.5 Å². The second kappa shape index (κ2) is 6.78. The van der Waals surface area contributed by atoms with Crippen LogP contribution in [0, 0.1) is 11.6 Å². The summed E-state index contributed by atoms with van der Waals surface area (Å²) in [5.74, 6) is -1.51. The van der Waals surface area contributed by atoms with Gasteiger partial charge in [-0.1, -0.05) is 0 Å². The van der Waals surface area contributed by atoms with E-state index in [1.165, 1.54) is 22.9 Å². The van der Waals surface area contributed by atoms with E-state index in [2.05, 4.69) is 9.97 Å². The van der Waals surface area contributed by atoms with Gasteiger partial charge in [-0.15, -0.1) is 0 Å². The van der Waals surface area contributed by atoms with Gasteiger partial charge >= 0.3 is 0 Å². The zero-order valence-corrected chi connectivity index (χ0v) is 14.5. The molecule has 142 valence electrons. The molecule has 0 aliphatic rings. The zero-order valence-electron chi connectivity index (χ0n) is 14.5. The number of hydrogen-bond acceptors (Lipinski definition) is 5. The highest BCUT2D eigenvalue weighted by atomic mass is 19.1. The van der Waals surface area contributed by atoms with E-state index in [0.717, 1.165) is 6.07 Å². The highest BCUT2D eigenvalue weighted by Crippen LogP contribution is 2.37. The number of rotatable bonds is 4. The van der Waals surface area contributed by atoms with Crippen molar-refractivity contribution in [3.05, 3.63) is 70.9 Å². The van der Waals surface area contributed by atoms with Crippen molar-refractivity contribution in [1.29, 1.82) is 0 Å². The van der Waals surface area contributed by atoms with Gasteiger partial charge in [0.05, 0.1) is 6.20 Å². The molecule has 0 aliphatic carbocycles. The number of nitrogens with zero attached hydrogens (tertiary/aromatic N) is 2. The van der Waals surface area contributed by atoms with E-state index in [0.29, 0.717) is 28.1 Å². The third kappa shape index (κ3) is 2.97. The van der Waals surface area contributed by atoms with Crippen LogP contribution >= 0.6 is 0 Å². The molecule has 1 aromatic carbocycles. The maximum atomic E-state index is 14.0. The van der Waals surface area contributed by atoms with E-state index < -0.39 is 11.6 Å². The lowest BCUT2D eigenvalue weighted by Crippen LogP contribution is -2.16. The van der Waals surface area contributed by atoms with Crippen LogP contribution in [0.4, 0.5) is 14.6 Å². The van der Waals surface area contributed by atoms with E-state index in [9.17, 15) is 18.8 Å². The predicted octanol–water partition coefficient (Wildman–Crippen LogP) is 3.80. The minimum atomic E-state index is -0.873. The molecule has 0 fully saturated rings. The quantitative estimate of drug-likeness (QED) is 0.466. The summed E-state index contributed by atoms with van der Waals surface area (Å²) in [7, 11) is 1.60. The largest absolute Gasteiger partial charge is 0.452 e. The van der Waals surface area contributed by atoms with Gasteiger partial charge in [0.1, 0.15) is 17.2 Å². The molecule has 9 heteroatoms. The molecule has 0 amide bonds. The number of fused-ring (bicyclic) bond motifs is 1. The monoisotopic (exact) mass is 384 g/mol. The summed E-state index contributed by atoms with van der Waals surface area (Å²) in [6.45, 7) is 0. The van der Waals surface area contributed by atoms with E-state index in [4.69, 9.17) is 4.74 Å². The molecule has 0 saturated carbocycles. The maximum absolute atomic E-state index is 14.0. The van der Waals surface area contributed by atoms with Crippen LogP contribution in [0.25, 0.3) is 22.0 Å². The fraction of sp³-hybridized carbons (Fsp3) is 0.0526. The molecular formula is C19H14F2N4O3. The number of pyridine rings is 2. The van der Waals surface area contributed by atoms with Gasteiger partial charge in [0.2, 0.25) is 0 Å². The van der Waals surface area contributed by atoms with Gasteiger partial charge in [0.15, 0.2) is 17.3 Å². The van der Waals surface area contributed by atoms with Crippen LogP contribution in [0.5, 0.6) is 11.5 Å². The minimum Gasteiger partial charge on any atom is -0.452 e. The molecule has 7 nitrogen and oxygen atoms in total. The van der Waals surface area contributed by atoms with Gasteiger partial charge in [0.25, 0.3) is 5.56 Å². The number of H-pyrrole nitrogens is 1. The molecule has 0 radical (unpaired) electrons. The Morgan fingerprint density at radius 1 is 1.18 bits per heavy atom. The number of nitrogens with one attached hydrogen (secondary N) is 2. The van der Waals surface area contributed by atoms with E-state index in [1.807, 2.05) is 5.48 Å². The maximum Gasteiger partial charge on any atom is 0.274 e. The Hall–Kier alpha value is -3.72. The number of hydrogen-bond donors (Lipinski definition) is 3. The molecule has 0 bridgehead atoms. The lowest BCUT2D eigenvalue weighted by molar-refractivity contribution is 0.385. The molecule has 0 atom stereocenters. The molecule has 0 aliphatic heterocycles. The van der Waals surface area contributed by atoms with Gasteiger partial charge in [0, 0.05) is 42.0 Å². The van der Waals surface area contributed by atoms with Gasteiger partial charge in [-0.2, -0.15) is 0 Å². The number of benzene rings is 1. The third-order valence-corrected chi connectivity index (χ3v) is 4.28. The summed E-state index contributed by atoms with van der Waals surface area (Å²) in [5.41, 5.74) is 3.15. The van der Waals surface area contributed by atoms with Crippen LogP contribution in [0.15, 0.2) is 53.7 Å². The van der Waals surface area contributed by atoms with Crippen molar-refractivity contribution in [1.82, 2.24) is 14.5 Å². The summed E-state index contributed by atoms with van der Waals surface area (Å²) in [6.07, 6.45) is 4.52. The number of halogens is 2. The van der Waals surface area contributed by atoms with Crippen molar-refractivity contribution in [2.45, 2.75) is 0 Å². The van der Waals surface area contributed by atoms with E-state index >= 15 is 0 Å². The Bertz CT molecular complexity index is 1250. The summed E-state index contributed by atoms with van der Waals surface area (Å²) in [5, 5.41) is 9.83. The van der Waals surface area contributed by atoms with Crippen molar-refractivity contribution in [3.8, 4) is 22.6 Å². The SMILES string of the molecule is Cn1cc(-c2cc(NO)ncc2Oc2ccc(F)cc2F)c2cc[nH]c2c1=O. The standard InChI is InChI=1S/C19H14F2N4O3/c1-25-9-13(11-4-5-22-18(11)19(25)26)12-7-17(24-27)23-8-16(12)28-15-3-2-10(20)6-14(15)21/h2-9,22,27H,1H3,(H,23,24). The van der Waals surface area contributed by atoms with Crippen molar-refractivity contribution in [3.63, 3.8) is 0 Å². The van der Waals surface area contributed by atoms with Crippen LogP contribution in [-0.2, 0) is 7.05 Å². The predicted molar refractivity (Wildman–Crippen MR) is 98.6 cm³/mol. The third-order valence-electron chi connectivity index (χ3n) is 4.28. The van der Waals surface area contributed by atoms with Crippen LogP contribution in [0.2, 0.25) is 0 Å². The van der Waals surface area contributed by atoms with Crippen LogP contribution in [0.3, 0.4) is 0 Å². The second-order valence-corrected chi connectivity index (χ2v) is 6.08. The normalized spacial score (nSPS) is 11.0. The smallest absolute Gasteiger partial charge is 0.274 e. The topological polar surface area (TPSA) is 92.2 Å².